The molecule has 2 nitrogen and oxygen atoms in total. The fourth-order valence-electron chi connectivity index (χ4n) is 3.33. The van der Waals surface area contributed by atoms with E-state index in [1.807, 2.05) is 0 Å². The van der Waals surface area contributed by atoms with Gasteiger partial charge in [-0.2, -0.15) is 0 Å². The molecule has 15 heavy (non-hydrogen) atoms. The second kappa shape index (κ2) is 5.96. The Bertz CT molecular complexity index is 194. The van der Waals surface area contributed by atoms with Crippen LogP contribution in [0.5, 0.6) is 0 Å². The molecule has 0 aliphatic heterocycles. The van der Waals surface area contributed by atoms with E-state index < -0.39 is 0 Å². The number of hydrogen-bond acceptors (Lipinski definition) is 2. The van der Waals surface area contributed by atoms with Crippen LogP contribution in [0.4, 0.5) is 0 Å². The van der Waals surface area contributed by atoms with E-state index >= 15 is 0 Å². The van der Waals surface area contributed by atoms with Crippen molar-refractivity contribution in [3.63, 3.8) is 0 Å². The molecule has 0 aromatic heterocycles. The van der Waals surface area contributed by atoms with Crippen molar-refractivity contribution in [3.05, 3.63) is 0 Å². The molecule has 2 saturated carbocycles. The second-order valence-corrected chi connectivity index (χ2v) is 5.47. The van der Waals surface area contributed by atoms with E-state index in [4.69, 9.17) is 4.52 Å². The van der Waals surface area contributed by atoms with Gasteiger partial charge in [0.15, 0.2) is 0 Å². The van der Waals surface area contributed by atoms with Gasteiger partial charge in [0, 0.05) is 0 Å². The molecule has 3 heteroatoms. The van der Waals surface area contributed by atoms with Crippen LogP contribution in [-0.2, 0) is 9.09 Å². The number of hydrogen-bond donors (Lipinski definition) is 0. The summed E-state index contributed by atoms with van der Waals surface area (Å²) in [4.78, 5) is 0. The van der Waals surface area contributed by atoms with E-state index in [1.165, 1.54) is 44.9 Å². The van der Waals surface area contributed by atoms with Gasteiger partial charge in [0.05, 0.1) is 6.10 Å². The molecular formula is C12H21O2P. The molecule has 0 aromatic carbocycles. The highest BCUT2D eigenvalue weighted by atomic mass is 31.1. The molecule has 2 aliphatic rings. The quantitative estimate of drug-likeness (QED) is 0.671. The third kappa shape index (κ3) is 3.26. The molecule has 0 atom stereocenters. The van der Waals surface area contributed by atoms with Crippen LogP contribution in [0.1, 0.15) is 57.8 Å². The molecule has 2 aliphatic carbocycles. The van der Waals surface area contributed by atoms with E-state index in [2.05, 4.69) is 0 Å². The van der Waals surface area contributed by atoms with E-state index in [0.717, 1.165) is 24.7 Å². The molecule has 0 heterocycles. The molecule has 0 unspecified atom stereocenters. The highest BCUT2D eigenvalue weighted by Gasteiger charge is 2.28. The van der Waals surface area contributed by atoms with Crippen molar-refractivity contribution >= 4 is 8.69 Å². The normalized spacial score (nSPS) is 34.4. The summed E-state index contributed by atoms with van der Waals surface area (Å²) >= 11 is 0. The van der Waals surface area contributed by atoms with Crippen molar-refractivity contribution in [2.24, 2.45) is 11.8 Å². The van der Waals surface area contributed by atoms with Crippen molar-refractivity contribution < 1.29 is 9.09 Å². The highest BCUT2D eigenvalue weighted by Crippen LogP contribution is 2.39. The molecule has 0 spiro atoms. The Balaban J connectivity index is 1.74. The zero-order chi connectivity index (χ0) is 10.5. The maximum Gasteiger partial charge on any atom is 0.327 e. The summed E-state index contributed by atoms with van der Waals surface area (Å²) in [6, 6.07) is 0. The zero-order valence-corrected chi connectivity index (χ0v) is 10.3. The van der Waals surface area contributed by atoms with E-state index in [9.17, 15) is 4.57 Å². The Hall–Kier alpha value is 0.0600. The first-order valence-corrected chi connectivity index (χ1v) is 7.11. The van der Waals surface area contributed by atoms with Gasteiger partial charge in [-0.1, -0.05) is 32.1 Å². The van der Waals surface area contributed by atoms with Crippen LogP contribution in [-0.4, -0.2) is 6.10 Å². The first kappa shape index (κ1) is 11.5. The largest absolute Gasteiger partial charge is 0.327 e. The van der Waals surface area contributed by atoms with E-state index in [0.29, 0.717) is 0 Å². The predicted octanol–water partition coefficient (Wildman–Crippen LogP) is 4.35. The molecule has 0 amide bonds. The van der Waals surface area contributed by atoms with Crippen molar-refractivity contribution in [3.8, 4) is 0 Å². The minimum atomic E-state index is -0.134. The van der Waals surface area contributed by atoms with Gasteiger partial charge in [0.25, 0.3) is 0 Å². The lowest BCUT2D eigenvalue weighted by Gasteiger charge is -2.34. The highest BCUT2D eigenvalue weighted by molar-refractivity contribution is 7.17. The third-order valence-corrected chi connectivity index (χ3v) is 4.61. The minimum Gasteiger partial charge on any atom is -0.291 e. The van der Waals surface area contributed by atoms with Crippen LogP contribution in [0.15, 0.2) is 0 Å². The Morgan fingerprint density at radius 2 is 1.40 bits per heavy atom. The van der Waals surface area contributed by atoms with Crippen LogP contribution >= 0.6 is 8.69 Å². The van der Waals surface area contributed by atoms with E-state index in [1.54, 1.807) is 0 Å². The Labute approximate surface area is 94.1 Å². The summed E-state index contributed by atoms with van der Waals surface area (Å²) in [6.07, 6.45) is 12.4. The fourth-order valence-corrected chi connectivity index (χ4v) is 3.66. The summed E-state index contributed by atoms with van der Waals surface area (Å²) < 4.78 is 15.5. The second-order valence-electron chi connectivity index (χ2n) is 5.11. The van der Waals surface area contributed by atoms with Crippen LogP contribution in [0, 0.1) is 11.8 Å². The van der Waals surface area contributed by atoms with Crippen molar-refractivity contribution in [2.75, 3.05) is 0 Å². The van der Waals surface area contributed by atoms with E-state index in [-0.39, 0.29) is 14.8 Å². The standard InChI is InChI=1S/C12H21O2P/c13-15-14-12-8-6-11(7-9-12)10-4-2-1-3-5-10/h10-12H,1-9H2. The SMILES string of the molecule is O=POC1CCC(C2CCCCC2)CC1. The summed E-state index contributed by atoms with van der Waals surface area (Å²) in [5.41, 5.74) is 0. The first-order valence-electron chi connectivity index (χ1n) is 6.38. The van der Waals surface area contributed by atoms with Crippen molar-refractivity contribution in [1.82, 2.24) is 0 Å². The molecule has 0 bridgehead atoms. The van der Waals surface area contributed by atoms with Gasteiger partial charge in [-0.3, -0.25) is 4.52 Å². The molecular weight excluding hydrogens is 207 g/mol. The van der Waals surface area contributed by atoms with Gasteiger partial charge in [0.2, 0.25) is 0 Å². The summed E-state index contributed by atoms with van der Waals surface area (Å²) in [5.74, 6) is 1.93. The maximum atomic E-state index is 10.3. The summed E-state index contributed by atoms with van der Waals surface area (Å²) in [6.45, 7) is 0. The van der Waals surface area contributed by atoms with Gasteiger partial charge in [-0.05, 0) is 37.5 Å². The smallest absolute Gasteiger partial charge is 0.291 e. The molecule has 86 valence electrons. The summed E-state index contributed by atoms with van der Waals surface area (Å²) in [7, 11) is -0.134. The maximum absolute atomic E-state index is 10.3. The zero-order valence-electron chi connectivity index (χ0n) is 9.36. The third-order valence-electron chi connectivity index (χ3n) is 4.23. The fraction of sp³-hybridized carbons (Fsp3) is 1.00. The Morgan fingerprint density at radius 1 is 0.800 bits per heavy atom. The lowest BCUT2D eigenvalue weighted by Crippen LogP contribution is -2.25. The van der Waals surface area contributed by atoms with Crippen molar-refractivity contribution in [2.45, 2.75) is 63.9 Å². The summed E-state index contributed by atoms with van der Waals surface area (Å²) in [5, 5.41) is 0. The van der Waals surface area contributed by atoms with Crippen LogP contribution in [0.2, 0.25) is 0 Å². The van der Waals surface area contributed by atoms with Gasteiger partial charge in [0.1, 0.15) is 0 Å². The predicted molar refractivity (Wildman–Crippen MR) is 61.0 cm³/mol. The molecule has 2 fully saturated rings. The lowest BCUT2D eigenvalue weighted by molar-refractivity contribution is 0.109. The monoisotopic (exact) mass is 228 g/mol. The first-order chi connectivity index (χ1) is 7.40. The van der Waals surface area contributed by atoms with Gasteiger partial charge in [-0.25, -0.2) is 4.57 Å². The topological polar surface area (TPSA) is 26.3 Å². The lowest BCUT2D eigenvalue weighted by atomic mass is 9.73. The van der Waals surface area contributed by atoms with Crippen LogP contribution in [0.25, 0.3) is 0 Å². The van der Waals surface area contributed by atoms with Crippen LogP contribution in [0.3, 0.4) is 0 Å². The molecule has 0 radical (unpaired) electrons. The van der Waals surface area contributed by atoms with Gasteiger partial charge < -0.3 is 0 Å². The van der Waals surface area contributed by atoms with Crippen molar-refractivity contribution in [1.29, 1.82) is 0 Å². The average molecular weight is 228 g/mol. The number of rotatable bonds is 3. The Kier molecular flexibility index (Phi) is 4.59. The van der Waals surface area contributed by atoms with Gasteiger partial charge >= 0.3 is 8.69 Å². The minimum absolute atomic E-state index is 0.134. The molecule has 0 saturated heterocycles. The molecule has 0 aromatic rings. The average Bonchev–Trinajstić information content (AvgIpc) is 2.32. The van der Waals surface area contributed by atoms with Crippen LogP contribution < -0.4 is 0 Å². The molecule has 2 rings (SSSR count). The van der Waals surface area contributed by atoms with Gasteiger partial charge in [-0.15, -0.1) is 0 Å². The molecule has 0 N–H and O–H groups in total. The Morgan fingerprint density at radius 3 is 2.00 bits per heavy atom.